The summed E-state index contributed by atoms with van der Waals surface area (Å²) in [5, 5.41) is 3.01. The van der Waals surface area contributed by atoms with Crippen LogP contribution in [0.25, 0.3) is 0 Å². The predicted octanol–water partition coefficient (Wildman–Crippen LogP) is 2.34. The van der Waals surface area contributed by atoms with Crippen molar-refractivity contribution in [2.75, 3.05) is 34.2 Å². The molecule has 0 aromatic heterocycles. The third-order valence-corrected chi connectivity index (χ3v) is 3.65. The van der Waals surface area contributed by atoms with Gasteiger partial charge in [-0.2, -0.15) is 0 Å². The van der Waals surface area contributed by atoms with Crippen molar-refractivity contribution < 1.29 is 14.3 Å². The van der Waals surface area contributed by atoms with E-state index in [4.69, 9.17) is 4.74 Å². The highest BCUT2D eigenvalue weighted by Crippen LogP contribution is 2.21. The number of carbonyl (C=O) groups excluding carboxylic acids is 2. The van der Waals surface area contributed by atoms with Crippen LogP contribution in [0.1, 0.15) is 48.0 Å². The Morgan fingerprint density at radius 1 is 1.09 bits per heavy atom. The standard InChI is InChI=1S/C17H35N3O3/c1-13(17(5,6)12-19(7)8)18-15(22)20(9)11-10-14(21)23-16(2,3)4/h13H,10-12H2,1-9H3,(H,18,22)/t13-/m1/s1. The van der Waals surface area contributed by atoms with E-state index in [-0.39, 0.29) is 29.9 Å². The zero-order valence-corrected chi connectivity index (χ0v) is 16.3. The van der Waals surface area contributed by atoms with Crippen molar-refractivity contribution in [1.82, 2.24) is 15.1 Å². The Kier molecular flexibility index (Phi) is 8.04. The minimum atomic E-state index is -0.497. The quantitative estimate of drug-likeness (QED) is 0.728. The lowest BCUT2D eigenvalue weighted by molar-refractivity contribution is -0.154. The molecule has 0 aliphatic rings. The average molecular weight is 329 g/mol. The van der Waals surface area contributed by atoms with Gasteiger partial charge in [-0.3, -0.25) is 4.79 Å². The molecule has 0 radical (unpaired) electrons. The summed E-state index contributed by atoms with van der Waals surface area (Å²) in [4.78, 5) is 27.6. The van der Waals surface area contributed by atoms with E-state index < -0.39 is 5.60 Å². The fraction of sp³-hybridized carbons (Fsp3) is 0.882. The molecule has 1 N–H and O–H groups in total. The van der Waals surface area contributed by atoms with Crippen LogP contribution in [0.15, 0.2) is 0 Å². The number of hydrogen-bond donors (Lipinski definition) is 1. The molecule has 0 spiro atoms. The molecule has 0 fully saturated rings. The monoisotopic (exact) mass is 329 g/mol. The summed E-state index contributed by atoms with van der Waals surface area (Å²) >= 11 is 0. The number of esters is 1. The molecule has 6 heteroatoms. The van der Waals surface area contributed by atoms with Crippen LogP contribution in [-0.4, -0.2) is 67.7 Å². The molecule has 0 saturated carbocycles. The molecule has 0 saturated heterocycles. The fourth-order valence-electron chi connectivity index (χ4n) is 2.20. The number of nitrogens with zero attached hydrogens (tertiary/aromatic N) is 2. The van der Waals surface area contributed by atoms with E-state index >= 15 is 0 Å². The highest BCUT2D eigenvalue weighted by molar-refractivity contribution is 5.75. The van der Waals surface area contributed by atoms with Gasteiger partial charge in [-0.25, -0.2) is 4.79 Å². The van der Waals surface area contributed by atoms with Gasteiger partial charge in [0.1, 0.15) is 5.60 Å². The van der Waals surface area contributed by atoms with Gasteiger partial charge in [-0.05, 0) is 47.2 Å². The molecule has 0 rings (SSSR count). The number of amides is 2. The lowest BCUT2D eigenvalue weighted by atomic mass is 9.85. The first-order chi connectivity index (χ1) is 10.2. The SMILES string of the molecule is C[C@@H](NC(=O)N(C)CCC(=O)OC(C)(C)C)C(C)(C)CN(C)C. The van der Waals surface area contributed by atoms with E-state index in [0.29, 0.717) is 6.54 Å². The van der Waals surface area contributed by atoms with Crippen molar-refractivity contribution in [3.05, 3.63) is 0 Å². The summed E-state index contributed by atoms with van der Waals surface area (Å²) in [5.74, 6) is -0.293. The molecule has 0 unspecified atom stereocenters. The maximum Gasteiger partial charge on any atom is 0.317 e. The molecule has 1 atom stereocenters. The van der Waals surface area contributed by atoms with Crippen molar-refractivity contribution in [1.29, 1.82) is 0 Å². The number of hydrogen-bond acceptors (Lipinski definition) is 4. The van der Waals surface area contributed by atoms with Gasteiger partial charge in [0, 0.05) is 26.2 Å². The third-order valence-electron chi connectivity index (χ3n) is 3.65. The van der Waals surface area contributed by atoms with Gasteiger partial charge in [0.25, 0.3) is 0 Å². The Morgan fingerprint density at radius 3 is 2.04 bits per heavy atom. The second-order valence-electron chi connectivity index (χ2n) is 8.16. The smallest absolute Gasteiger partial charge is 0.317 e. The number of carbonyl (C=O) groups is 2. The molecule has 23 heavy (non-hydrogen) atoms. The number of urea groups is 1. The van der Waals surface area contributed by atoms with Gasteiger partial charge in [-0.15, -0.1) is 0 Å². The highest BCUT2D eigenvalue weighted by Gasteiger charge is 2.28. The summed E-state index contributed by atoms with van der Waals surface area (Å²) in [6, 6.07) is -0.158. The van der Waals surface area contributed by atoms with Crippen LogP contribution in [0, 0.1) is 5.41 Å². The van der Waals surface area contributed by atoms with Crippen LogP contribution >= 0.6 is 0 Å². The summed E-state index contributed by atoms with van der Waals surface area (Å²) in [6.07, 6.45) is 0.191. The Balaban J connectivity index is 4.37. The molecule has 0 aliphatic carbocycles. The third kappa shape index (κ3) is 9.43. The van der Waals surface area contributed by atoms with E-state index in [1.54, 1.807) is 7.05 Å². The van der Waals surface area contributed by atoms with Crippen molar-refractivity contribution in [2.45, 2.75) is 59.6 Å². The van der Waals surface area contributed by atoms with Gasteiger partial charge in [0.15, 0.2) is 0 Å². The molecule has 0 bridgehead atoms. The topological polar surface area (TPSA) is 61.9 Å². The minimum absolute atomic E-state index is 0.0152. The van der Waals surface area contributed by atoms with Gasteiger partial charge in [0.2, 0.25) is 0 Å². The van der Waals surface area contributed by atoms with Gasteiger partial charge in [0.05, 0.1) is 6.42 Å². The fourth-order valence-corrected chi connectivity index (χ4v) is 2.20. The Labute approximate surface area is 141 Å². The summed E-state index contributed by atoms with van der Waals surface area (Å²) in [6.45, 7) is 12.9. The lowest BCUT2D eigenvalue weighted by Crippen LogP contribution is -2.51. The van der Waals surface area contributed by atoms with Gasteiger partial charge >= 0.3 is 12.0 Å². The Bertz CT molecular complexity index is 400. The second-order valence-corrected chi connectivity index (χ2v) is 8.16. The lowest BCUT2D eigenvalue weighted by Gasteiger charge is -2.35. The van der Waals surface area contributed by atoms with Crippen LogP contribution in [0.5, 0.6) is 0 Å². The summed E-state index contributed by atoms with van der Waals surface area (Å²) in [7, 11) is 5.72. The zero-order valence-electron chi connectivity index (χ0n) is 16.3. The molecular formula is C17H35N3O3. The molecule has 136 valence electrons. The maximum absolute atomic E-state index is 12.2. The first-order valence-electron chi connectivity index (χ1n) is 8.13. The van der Waals surface area contributed by atoms with Gasteiger partial charge in [-0.1, -0.05) is 13.8 Å². The first kappa shape index (κ1) is 21.7. The van der Waals surface area contributed by atoms with E-state index in [9.17, 15) is 9.59 Å². The molecule has 0 aliphatic heterocycles. The molecular weight excluding hydrogens is 294 g/mol. The van der Waals surface area contributed by atoms with E-state index in [1.165, 1.54) is 4.90 Å². The first-order valence-corrected chi connectivity index (χ1v) is 8.13. The van der Waals surface area contributed by atoms with Gasteiger partial charge < -0.3 is 19.9 Å². The number of nitrogens with one attached hydrogen (secondary N) is 1. The summed E-state index contributed by atoms with van der Waals surface area (Å²) in [5.41, 5.74) is -0.548. The Morgan fingerprint density at radius 2 is 1.61 bits per heavy atom. The van der Waals surface area contributed by atoms with Crippen LogP contribution in [0.3, 0.4) is 0 Å². The largest absolute Gasteiger partial charge is 0.460 e. The van der Waals surface area contributed by atoms with Crippen LogP contribution in [-0.2, 0) is 9.53 Å². The van der Waals surface area contributed by atoms with Crippen molar-refractivity contribution >= 4 is 12.0 Å². The van der Waals surface area contributed by atoms with E-state index in [0.717, 1.165) is 6.54 Å². The number of rotatable bonds is 7. The minimum Gasteiger partial charge on any atom is -0.460 e. The Hall–Kier alpha value is -1.30. The van der Waals surface area contributed by atoms with E-state index in [2.05, 4.69) is 24.1 Å². The molecule has 0 heterocycles. The summed E-state index contributed by atoms with van der Waals surface area (Å²) < 4.78 is 5.24. The normalized spacial score (nSPS) is 13.7. The van der Waals surface area contributed by atoms with Crippen molar-refractivity contribution in [2.24, 2.45) is 5.41 Å². The maximum atomic E-state index is 12.2. The van der Waals surface area contributed by atoms with Crippen LogP contribution in [0.2, 0.25) is 0 Å². The van der Waals surface area contributed by atoms with E-state index in [1.807, 2.05) is 41.8 Å². The van der Waals surface area contributed by atoms with Crippen molar-refractivity contribution in [3.63, 3.8) is 0 Å². The molecule has 0 aromatic rings. The zero-order chi connectivity index (χ0) is 18.4. The van der Waals surface area contributed by atoms with Crippen molar-refractivity contribution in [3.8, 4) is 0 Å². The predicted molar refractivity (Wildman–Crippen MR) is 93.4 cm³/mol. The molecule has 6 nitrogen and oxygen atoms in total. The van der Waals surface area contributed by atoms with Crippen LogP contribution < -0.4 is 5.32 Å². The highest BCUT2D eigenvalue weighted by atomic mass is 16.6. The second kappa shape index (κ2) is 8.52. The molecule has 2 amide bonds. The van der Waals surface area contributed by atoms with Crippen LogP contribution in [0.4, 0.5) is 4.79 Å². The molecule has 0 aromatic carbocycles. The number of ether oxygens (including phenoxy) is 1. The average Bonchev–Trinajstić information content (AvgIpc) is 2.31.